The molecular weight excluding hydrogens is 256 g/mol. The lowest BCUT2D eigenvalue weighted by Crippen LogP contribution is -2.27. The Morgan fingerprint density at radius 3 is 2.80 bits per heavy atom. The number of aryl methyl sites for hydroxylation is 1. The van der Waals surface area contributed by atoms with Gasteiger partial charge in [-0.1, -0.05) is 0 Å². The SMILES string of the molecule is CCNc1ccc(C(=O)N(C)Cc2n[nH]c(C)n2)nc1. The standard InChI is InChI=1S/C13H18N6O/c1-4-14-10-5-6-11(15-7-10)13(20)19(3)8-12-16-9(2)17-18-12/h5-7,14H,4,8H2,1-3H3,(H,16,17,18). The number of pyridine rings is 1. The third-order valence-corrected chi connectivity index (χ3v) is 2.73. The average molecular weight is 274 g/mol. The van der Waals surface area contributed by atoms with Crippen molar-refractivity contribution < 1.29 is 4.79 Å². The Labute approximate surface area is 117 Å². The lowest BCUT2D eigenvalue weighted by atomic mass is 10.3. The quantitative estimate of drug-likeness (QED) is 0.856. The van der Waals surface area contributed by atoms with Crippen LogP contribution in [-0.4, -0.2) is 44.6 Å². The third kappa shape index (κ3) is 3.31. The number of anilines is 1. The van der Waals surface area contributed by atoms with Crippen LogP contribution in [0.25, 0.3) is 0 Å². The van der Waals surface area contributed by atoms with E-state index < -0.39 is 0 Å². The second-order valence-corrected chi connectivity index (χ2v) is 4.46. The summed E-state index contributed by atoms with van der Waals surface area (Å²) in [6.07, 6.45) is 1.65. The molecule has 0 saturated heterocycles. The molecule has 0 spiro atoms. The van der Waals surface area contributed by atoms with Gasteiger partial charge in [0.25, 0.3) is 5.91 Å². The molecule has 0 aliphatic rings. The van der Waals surface area contributed by atoms with E-state index in [0.717, 1.165) is 18.1 Å². The predicted octanol–water partition coefficient (Wildman–Crippen LogP) is 1.21. The van der Waals surface area contributed by atoms with E-state index in [9.17, 15) is 4.79 Å². The molecular formula is C13H18N6O. The van der Waals surface area contributed by atoms with Gasteiger partial charge in [0.1, 0.15) is 11.5 Å². The Morgan fingerprint density at radius 2 is 2.25 bits per heavy atom. The smallest absolute Gasteiger partial charge is 0.272 e. The summed E-state index contributed by atoms with van der Waals surface area (Å²) >= 11 is 0. The van der Waals surface area contributed by atoms with Crippen molar-refractivity contribution in [2.45, 2.75) is 20.4 Å². The van der Waals surface area contributed by atoms with E-state index in [1.165, 1.54) is 4.90 Å². The minimum absolute atomic E-state index is 0.157. The van der Waals surface area contributed by atoms with Gasteiger partial charge in [-0.15, -0.1) is 0 Å². The van der Waals surface area contributed by atoms with Crippen molar-refractivity contribution in [3.8, 4) is 0 Å². The average Bonchev–Trinajstić information content (AvgIpc) is 2.84. The number of aromatic amines is 1. The summed E-state index contributed by atoms with van der Waals surface area (Å²) in [7, 11) is 1.70. The highest BCUT2D eigenvalue weighted by Gasteiger charge is 2.15. The zero-order valence-electron chi connectivity index (χ0n) is 11.8. The highest BCUT2D eigenvalue weighted by molar-refractivity contribution is 5.92. The zero-order chi connectivity index (χ0) is 14.5. The molecule has 0 aromatic carbocycles. The first kappa shape index (κ1) is 14.0. The second kappa shape index (κ2) is 6.14. The van der Waals surface area contributed by atoms with Crippen LogP contribution in [0.5, 0.6) is 0 Å². The van der Waals surface area contributed by atoms with Crippen molar-refractivity contribution in [2.24, 2.45) is 0 Å². The second-order valence-electron chi connectivity index (χ2n) is 4.46. The minimum atomic E-state index is -0.157. The number of hydrogen-bond donors (Lipinski definition) is 2. The van der Waals surface area contributed by atoms with Gasteiger partial charge in [0.05, 0.1) is 18.4 Å². The molecule has 2 aromatic rings. The van der Waals surface area contributed by atoms with Gasteiger partial charge in [-0.3, -0.25) is 9.89 Å². The Balaban J connectivity index is 2.02. The fourth-order valence-electron chi connectivity index (χ4n) is 1.77. The molecule has 20 heavy (non-hydrogen) atoms. The first-order valence-electron chi connectivity index (χ1n) is 6.43. The van der Waals surface area contributed by atoms with Gasteiger partial charge in [0, 0.05) is 13.6 Å². The Bertz CT molecular complexity index is 577. The number of hydrogen-bond acceptors (Lipinski definition) is 5. The Kier molecular flexibility index (Phi) is 4.29. The van der Waals surface area contributed by atoms with Gasteiger partial charge in [-0.05, 0) is 26.0 Å². The summed E-state index contributed by atoms with van der Waals surface area (Å²) in [4.78, 5) is 22.1. The van der Waals surface area contributed by atoms with E-state index in [2.05, 4.69) is 25.5 Å². The van der Waals surface area contributed by atoms with Crippen molar-refractivity contribution in [2.75, 3.05) is 18.9 Å². The van der Waals surface area contributed by atoms with Crippen LogP contribution in [0.15, 0.2) is 18.3 Å². The molecule has 0 saturated carbocycles. The summed E-state index contributed by atoms with van der Waals surface area (Å²) in [6, 6.07) is 3.55. The zero-order valence-corrected chi connectivity index (χ0v) is 11.8. The van der Waals surface area contributed by atoms with Crippen LogP contribution in [0.2, 0.25) is 0 Å². The molecule has 7 heteroatoms. The van der Waals surface area contributed by atoms with Gasteiger partial charge < -0.3 is 10.2 Å². The first-order valence-corrected chi connectivity index (χ1v) is 6.43. The van der Waals surface area contributed by atoms with Gasteiger partial charge >= 0.3 is 0 Å². The van der Waals surface area contributed by atoms with Crippen LogP contribution in [-0.2, 0) is 6.54 Å². The highest BCUT2D eigenvalue weighted by Crippen LogP contribution is 2.08. The maximum absolute atomic E-state index is 12.2. The Morgan fingerprint density at radius 1 is 1.45 bits per heavy atom. The van der Waals surface area contributed by atoms with Crippen molar-refractivity contribution in [1.82, 2.24) is 25.1 Å². The molecule has 0 unspecified atom stereocenters. The molecule has 0 bridgehead atoms. The molecule has 0 fully saturated rings. The summed E-state index contributed by atoms with van der Waals surface area (Å²) in [5.74, 6) is 1.16. The Hall–Kier alpha value is -2.44. The predicted molar refractivity (Wildman–Crippen MR) is 75.3 cm³/mol. The molecule has 106 valence electrons. The molecule has 0 aliphatic heterocycles. The van der Waals surface area contributed by atoms with E-state index in [1.807, 2.05) is 19.9 Å². The molecule has 2 rings (SSSR count). The number of aromatic nitrogens is 4. The maximum atomic E-state index is 12.2. The first-order chi connectivity index (χ1) is 9.60. The van der Waals surface area contributed by atoms with Crippen molar-refractivity contribution >= 4 is 11.6 Å². The number of nitrogens with one attached hydrogen (secondary N) is 2. The number of amides is 1. The summed E-state index contributed by atoms with van der Waals surface area (Å²) < 4.78 is 0. The van der Waals surface area contributed by atoms with E-state index in [0.29, 0.717) is 18.1 Å². The topological polar surface area (TPSA) is 86.8 Å². The van der Waals surface area contributed by atoms with Crippen LogP contribution in [0, 0.1) is 6.92 Å². The largest absolute Gasteiger partial charge is 0.384 e. The van der Waals surface area contributed by atoms with Crippen molar-refractivity contribution in [1.29, 1.82) is 0 Å². The molecule has 2 N–H and O–H groups in total. The summed E-state index contributed by atoms with van der Waals surface area (Å²) in [5, 5.41) is 9.90. The molecule has 1 amide bonds. The molecule has 2 heterocycles. The van der Waals surface area contributed by atoms with Crippen molar-refractivity contribution in [3.63, 3.8) is 0 Å². The van der Waals surface area contributed by atoms with E-state index in [4.69, 9.17) is 0 Å². The van der Waals surface area contributed by atoms with Crippen LogP contribution in [0.1, 0.15) is 29.1 Å². The normalized spacial score (nSPS) is 10.3. The third-order valence-electron chi connectivity index (χ3n) is 2.73. The van der Waals surface area contributed by atoms with Gasteiger partial charge in [-0.2, -0.15) is 5.10 Å². The van der Waals surface area contributed by atoms with Gasteiger partial charge in [-0.25, -0.2) is 9.97 Å². The van der Waals surface area contributed by atoms with Crippen LogP contribution >= 0.6 is 0 Å². The van der Waals surface area contributed by atoms with Gasteiger partial charge in [0.15, 0.2) is 5.82 Å². The number of carbonyl (C=O) groups is 1. The summed E-state index contributed by atoms with van der Waals surface area (Å²) in [6.45, 7) is 4.99. The monoisotopic (exact) mass is 274 g/mol. The van der Waals surface area contributed by atoms with Crippen molar-refractivity contribution in [3.05, 3.63) is 35.7 Å². The molecule has 7 nitrogen and oxygen atoms in total. The number of carbonyl (C=O) groups excluding carboxylic acids is 1. The molecule has 0 aliphatic carbocycles. The number of nitrogens with zero attached hydrogens (tertiary/aromatic N) is 4. The van der Waals surface area contributed by atoms with E-state index >= 15 is 0 Å². The van der Waals surface area contributed by atoms with E-state index in [-0.39, 0.29) is 5.91 Å². The maximum Gasteiger partial charge on any atom is 0.272 e. The summed E-state index contributed by atoms with van der Waals surface area (Å²) in [5.41, 5.74) is 1.30. The lowest BCUT2D eigenvalue weighted by molar-refractivity contribution is 0.0776. The highest BCUT2D eigenvalue weighted by atomic mass is 16.2. The molecule has 0 radical (unpaired) electrons. The molecule has 2 aromatic heterocycles. The minimum Gasteiger partial charge on any atom is -0.384 e. The van der Waals surface area contributed by atoms with Crippen LogP contribution < -0.4 is 5.32 Å². The van der Waals surface area contributed by atoms with Crippen LogP contribution in [0.3, 0.4) is 0 Å². The molecule has 0 atom stereocenters. The number of rotatable bonds is 5. The number of H-pyrrole nitrogens is 1. The fourth-order valence-corrected chi connectivity index (χ4v) is 1.77. The van der Waals surface area contributed by atoms with Gasteiger partial charge in [0.2, 0.25) is 0 Å². The van der Waals surface area contributed by atoms with E-state index in [1.54, 1.807) is 19.3 Å². The fraction of sp³-hybridized carbons (Fsp3) is 0.385. The van der Waals surface area contributed by atoms with Crippen LogP contribution in [0.4, 0.5) is 5.69 Å². The lowest BCUT2D eigenvalue weighted by Gasteiger charge is -2.14.